The van der Waals surface area contributed by atoms with E-state index in [9.17, 15) is 4.79 Å². The van der Waals surface area contributed by atoms with Crippen molar-refractivity contribution in [1.29, 1.82) is 0 Å². The Kier molecular flexibility index (Phi) is 6.70. The molecule has 0 bridgehead atoms. The lowest BCUT2D eigenvalue weighted by atomic mass is 10.1. The molecule has 5 heteroatoms. The summed E-state index contributed by atoms with van der Waals surface area (Å²) >= 11 is 0. The van der Waals surface area contributed by atoms with Crippen LogP contribution in [0.15, 0.2) is 54.6 Å². The van der Waals surface area contributed by atoms with E-state index < -0.39 is 0 Å². The molecular weight excluding hydrogens is 374 g/mol. The van der Waals surface area contributed by atoms with Gasteiger partial charge in [-0.3, -0.25) is 9.69 Å². The maximum absolute atomic E-state index is 12.6. The number of carbonyl (C=O) groups excluding carboxylic acids is 1. The van der Waals surface area contributed by atoms with E-state index in [1.165, 1.54) is 11.3 Å². The van der Waals surface area contributed by atoms with Crippen LogP contribution in [0.1, 0.15) is 36.2 Å². The molecule has 0 radical (unpaired) electrons. The van der Waals surface area contributed by atoms with E-state index in [1.807, 2.05) is 18.2 Å². The number of para-hydroxylation sites is 1. The first-order chi connectivity index (χ1) is 14.6. The minimum absolute atomic E-state index is 0.0216. The fourth-order valence-electron chi connectivity index (χ4n) is 4.64. The second-order valence-corrected chi connectivity index (χ2v) is 8.79. The summed E-state index contributed by atoms with van der Waals surface area (Å²) in [6.45, 7) is 9.84. The Morgan fingerprint density at radius 3 is 2.40 bits per heavy atom. The zero-order valence-corrected chi connectivity index (χ0v) is 18.1. The van der Waals surface area contributed by atoms with Crippen LogP contribution >= 0.6 is 0 Å². The highest BCUT2D eigenvalue weighted by Crippen LogP contribution is 2.23. The van der Waals surface area contributed by atoms with Crippen molar-refractivity contribution in [3.8, 4) is 0 Å². The molecule has 1 N–H and O–H groups in total. The molecule has 0 aromatic heterocycles. The van der Waals surface area contributed by atoms with Crippen LogP contribution in [-0.2, 0) is 11.3 Å². The molecule has 3 atom stereocenters. The Hall–Kier alpha value is -2.37. The zero-order chi connectivity index (χ0) is 20.9. The van der Waals surface area contributed by atoms with Gasteiger partial charge in [0.25, 0.3) is 5.91 Å². The van der Waals surface area contributed by atoms with Crippen molar-refractivity contribution < 1.29 is 9.53 Å². The number of amides is 1. The van der Waals surface area contributed by atoms with Gasteiger partial charge in [0.15, 0.2) is 0 Å². The summed E-state index contributed by atoms with van der Waals surface area (Å²) in [5.41, 5.74) is 3.24. The molecule has 160 valence electrons. The Labute approximate surface area is 180 Å². The fraction of sp³-hybridized carbons (Fsp3) is 0.480. The molecule has 4 rings (SSSR count). The Morgan fingerprint density at radius 2 is 1.70 bits per heavy atom. The molecule has 1 amide bonds. The van der Waals surface area contributed by atoms with Gasteiger partial charge >= 0.3 is 0 Å². The van der Waals surface area contributed by atoms with E-state index in [2.05, 4.69) is 65.4 Å². The first-order valence-electron chi connectivity index (χ1n) is 11.1. The molecule has 2 aromatic carbocycles. The molecule has 2 saturated heterocycles. The van der Waals surface area contributed by atoms with Crippen molar-refractivity contribution in [2.45, 2.75) is 39.0 Å². The van der Waals surface area contributed by atoms with Gasteiger partial charge in [0.05, 0.1) is 12.2 Å². The topological polar surface area (TPSA) is 44.8 Å². The number of ether oxygens (including phenoxy) is 1. The lowest BCUT2D eigenvalue weighted by molar-refractivity contribution is -0.0704. The number of nitrogens with one attached hydrogen (secondary N) is 1. The molecule has 2 fully saturated rings. The summed E-state index contributed by atoms with van der Waals surface area (Å²) in [7, 11) is 0. The second-order valence-electron chi connectivity index (χ2n) is 8.79. The normalized spacial score (nSPS) is 24.7. The van der Waals surface area contributed by atoms with Gasteiger partial charge in [0.1, 0.15) is 0 Å². The zero-order valence-electron chi connectivity index (χ0n) is 18.1. The molecular formula is C25H33N3O2. The number of benzene rings is 2. The molecule has 0 saturated carbocycles. The highest BCUT2D eigenvalue weighted by atomic mass is 16.5. The maximum atomic E-state index is 12.6. The highest BCUT2D eigenvalue weighted by molar-refractivity contribution is 5.94. The summed E-state index contributed by atoms with van der Waals surface area (Å²) in [5.74, 6) is 0.520. The molecule has 2 aliphatic rings. The third-order valence-electron chi connectivity index (χ3n) is 6.08. The van der Waals surface area contributed by atoms with Crippen LogP contribution in [-0.4, -0.2) is 55.7 Å². The first-order valence-corrected chi connectivity index (χ1v) is 11.1. The Morgan fingerprint density at radius 1 is 1.00 bits per heavy atom. The second kappa shape index (κ2) is 9.63. The van der Waals surface area contributed by atoms with Gasteiger partial charge in [-0.25, -0.2) is 0 Å². The summed E-state index contributed by atoms with van der Waals surface area (Å²) in [6.07, 6.45) is 1.66. The number of rotatable bonds is 6. The molecule has 30 heavy (non-hydrogen) atoms. The number of morpholine rings is 1. The van der Waals surface area contributed by atoms with Gasteiger partial charge < -0.3 is 15.0 Å². The van der Waals surface area contributed by atoms with Crippen molar-refractivity contribution in [2.75, 3.05) is 37.6 Å². The minimum atomic E-state index is 0.0216. The third kappa shape index (κ3) is 5.41. The van der Waals surface area contributed by atoms with Crippen molar-refractivity contribution in [3.63, 3.8) is 0 Å². The van der Waals surface area contributed by atoms with E-state index in [-0.39, 0.29) is 18.1 Å². The van der Waals surface area contributed by atoms with Crippen LogP contribution in [0.5, 0.6) is 0 Å². The first kappa shape index (κ1) is 20.9. The van der Waals surface area contributed by atoms with Crippen LogP contribution in [0.4, 0.5) is 5.69 Å². The molecule has 0 spiro atoms. The van der Waals surface area contributed by atoms with Crippen LogP contribution < -0.4 is 10.2 Å². The van der Waals surface area contributed by atoms with Gasteiger partial charge in [-0.1, -0.05) is 30.3 Å². The van der Waals surface area contributed by atoms with Crippen molar-refractivity contribution in [1.82, 2.24) is 10.2 Å². The third-order valence-corrected chi connectivity index (χ3v) is 6.08. The monoisotopic (exact) mass is 407 g/mol. The van der Waals surface area contributed by atoms with Crippen LogP contribution in [0.2, 0.25) is 0 Å². The predicted octanol–water partition coefficient (Wildman–Crippen LogP) is 3.55. The van der Waals surface area contributed by atoms with Crippen molar-refractivity contribution in [2.24, 2.45) is 5.92 Å². The van der Waals surface area contributed by atoms with Crippen LogP contribution in [0.25, 0.3) is 0 Å². The summed E-state index contributed by atoms with van der Waals surface area (Å²) in [6, 6.07) is 18.6. The van der Waals surface area contributed by atoms with Gasteiger partial charge in [-0.05, 0) is 56.0 Å². The number of nitrogens with zero attached hydrogens (tertiary/aromatic N) is 2. The Bertz CT molecular complexity index is 814. The van der Waals surface area contributed by atoms with E-state index in [0.29, 0.717) is 5.92 Å². The molecule has 5 nitrogen and oxygen atoms in total. The van der Waals surface area contributed by atoms with E-state index in [1.54, 1.807) is 0 Å². The number of hydrogen-bond donors (Lipinski definition) is 1. The lowest BCUT2D eigenvalue weighted by Gasteiger charge is -2.35. The number of carbonyl (C=O) groups is 1. The maximum Gasteiger partial charge on any atom is 0.251 e. The van der Waals surface area contributed by atoms with Crippen molar-refractivity contribution in [3.05, 3.63) is 65.7 Å². The SMILES string of the molecule is CC1CN(Cc2ccc(C(=O)NCC3CCN(c4ccccc4)C3)cc2)CC(C)O1. The quantitative estimate of drug-likeness (QED) is 0.795. The summed E-state index contributed by atoms with van der Waals surface area (Å²) < 4.78 is 5.81. The standard InChI is InChI=1S/C25H33N3O2/c1-19-15-27(16-20(2)30-19)17-21-8-10-23(11-9-21)25(29)26-14-22-12-13-28(18-22)24-6-4-3-5-7-24/h3-11,19-20,22H,12-18H2,1-2H3,(H,26,29). The smallest absolute Gasteiger partial charge is 0.251 e. The number of hydrogen-bond acceptors (Lipinski definition) is 4. The van der Waals surface area contributed by atoms with Crippen LogP contribution in [0, 0.1) is 5.92 Å². The van der Waals surface area contributed by atoms with E-state index in [0.717, 1.165) is 51.3 Å². The molecule has 2 aliphatic heterocycles. The summed E-state index contributed by atoms with van der Waals surface area (Å²) in [4.78, 5) is 17.4. The number of anilines is 1. The van der Waals surface area contributed by atoms with Crippen molar-refractivity contribution >= 4 is 11.6 Å². The van der Waals surface area contributed by atoms with Crippen LogP contribution in [0.3, 0.4) is 0 Å². The van der Waals surface area contributed by atoms with Gasteiger partial charge in [-0.2, -0.15) is 0 Å². The molecule has 0 aliphatic carbocycles. The Balaban J connectivity index is 1.24. The molecule has 3 unspecified atom stereocenters. The minimum Gasteiger partial charge on any atom is -0.373 e. The summed E-state index contributed by atoms with van der Waals surface area (Å²) in [5, 5.41) is 3.13. The van der Waals surface area contributed by atoms with E-state index in [4.69, 9.17) is 4.74 Å². The largest absolute Gasteiger partial charge is 0.373 e. The molecule has 2 aromatic rings. The molecule has 2 heterocycles. The van der Waals surface area contributed by atoms with Gasteiger partial charge in [0.2, 0.25) is 0 Å². The highest BCUT2D eigenvalue weighted by Gasteiger charge is 2.24. The average molecular weight is 408 g/mol. The fourth-order valence-corrected chi connectivity index (χ4v) is 4.64. The van der Waals surface area contributed by atoms with E-state index >= 15 is 0 Å². The van der Waals surface area contributed by atoms with Gasteiger partial charge in [-0.15, -0.1) is 0 Å². The lowest BCUT2D eigenvalue weighted by Crippen LogP contribution is -2.44. The van der Waals surface area contributed by atoms with Gasteiger partial charge in [0, 0.05) is 50.5 Å². The average Bonchev–Trinajstić information content (AvgIpc) is 3.22. The predicted molar refractivity (Wildman–Crippen MR) is 121 cm³/mol.